The maximum atomic E-state index is 11.8. The van der Waals surface area contributed by atoms with Crippen LogP contribution in [0.1, 0.15) is 15.9 Å². The Labute approximate surface area is 88.3 Å². The minimum Gasteiger partial charge on any atom is -0.389 e. The standard InChI is InChI=1S/C11H14N2O2/c12-5-8-2-1-3-9(4-8)11(15)13-6-10(14)7-13/h1-4,10,14H,5-7,12H2. The van der Waals surface area contributed by atoms with Crippen molar-refractivity contribution in [3.8, 4) is 0 Å². The fourth-order valence-corrected chi connectivity index (χ4v) is 1.64. The van der Waals surface area contributed by atoms with E-state index in [1.165, 1.54) is 0 Å². The molecule has 0 unspecified atom stereocenters. The van der Waals surface area contributed by atoms with Gasteiger partial charge in [0.25, 0.3) is 5.91 Å². The first-order valence-electron chi connectivity index (χ1n) is 4.97. The zero-order valence-corrected chi connectivity index (χ0v) is 8.39. The van der Waals surface area contributed by atoms with Gasteiger partial charge >= 0.3 is 0 Å². The van der Waals surface area contributed by atoms with Crippen LogP contribution in [-0.4, -0.2) is 35.1 Å². The van der Waals surface area contributed by atoms with Crippen LogP contribution in [0.2, 0.25) is 0 Å². The monoisotopic (exact) mass is 206 g/mol. The Morgan fingerprint density at radius 3 is 2.87 bits per heavy atom. The fraction of sp³-hybridized carbons (Fsp3) is 0.364. The van der Waals surface area contributed by atoms with Crippen molar-refractivity contribution in [3.05, 3.63) is 35.4 Å². The Hall–Kier alpha value is -1.39. The van der Waals surface area contributed by atoms with Gasteiger partial charge in [0, 0.05) is 25.2 Å². The molecule has 0 bridgehead atoms. The predicted molar refractivity (Wildman–Crippen MR) is 56.2 cm³/mol. The lowest BCUT2D eigenvalue weighted by Crippen LogP contribution is -2.53. The highest BCUT2D eigenvalue weighted by Crippen LogP contribution is 2.14. The van der Waals surface area contributed by atoms with E-state index in [9.17, 15) is 4.79 Å². The van der Waals surface area contributed by atoms with Crippen LogP contribution in [0.3, 0.4) is 0 Å². The number of hydrogen-bond acceptors (Lipinski definition) is 3. The molecule has 0 aliphatic carbocycles. The molecule has 1 aliphatic heterocycles. The second kappa shape index (κ2) is 4.00. The number of carbonyl (C=O) groups excluding carboxylic acids is 1. The van der Waals surface area contributed by atoms with Crippen LogP contribution in [-0.2, 0) is 6.54 Å². The topological polar surface area (TPSA) is 66.6 Å². The summed E-state index contributed by atoms with van der Waals surface area (Å²) in [5, 5.41) is 9.10. The van der Waals surface area contributed by atoms with Gasteiger partial charge in [-0.1, -0.05) is 12.1 Å². The number of nitrogens with two attached hydrogens (primary N) is 1. The van der Waals surface area contributed by atoms with Crippen molar-refractivity contribution in [2.24, 2.45) is 5.73 Å². The van der Waals surface area contributed by atoms with Crippen molar-refractivity contribution in [1.29, 1.82) is 0 Å². The molecule has 1 aliphatic rings. The molecule has 0 spiro atoms. The summed E-state index contributed by atoms with van der Waals surface area (Å²) >= 11 is 0. The molecular weight excluding hydrogens is 192 g/mol. The summed E-state index contributed by atoms with van der Waals surface area (Å²) in [5.74, 6) is -0.0319. The van der Waals surface area contributed by atoms with Crippen LogP contribution >= 0.6 is 0 Å². The molecule has 1 aromatic carbocycles. The first-order chi connectivity index (χ1) is 7.20. The largest absolute Gasteiger partial charge is 0.389 e. The molecule has 0 atom stereocenters. The van der Waals surface area contributed by atoms with Crippen LogP contribution in [0.25, 0.3) is 0 Å². The maximum Gasteiger partial charge on any atom is 0.254 e. The van der Waals surface area contributed by atoms with Gasteiger partial charge in [-0.25, -0.2) is 0 Å². The van der Waals surface area contributed by atoms with E-state index in [0.717, 1.165) is 5.56 Å². The third kappa shape index (κ3) is 2.00. The molecule has 4 nitrogen and oxygen atoms in total. The lowest BCUT2D eigenvalue weighted by Gasteiger charge is -2.35. The first-order valence-corrected chi connectivity index (χ1v) is 4.97. The number of likely N-dealkylation sites (tertiary alicyclic amines) is 1. The number of rotatable bonds is 2. The average molecular weight is 206 g/mol. The molecule has 0 radical (unpaired) electrons. The summed E-state index contributed by atoms with van der Waals surface area (Å²) in [5.41, 5.74) is 7.09. The summed E-state index contributed by atoms with van der Waals surface area (Å²) in [4.78, 5) is 13.4. The van der Waals surface area contributed by atoms with Crippen LogP contribution in [0.5, 0.6) is 0 Å². The van der Waals surface area contributed by atoms with Gasteiger partial charge in [-0.2, -0.15) is 0 Å². The highest BCUT2D eigenvalue weighted by atomic mass is 16.3. The summed E-state index contributed by atoms with van der Waals surface area (Å²) in [6.45, 7) is 1.31. The van der Waals surface area contributed by atoms with Gasteiger partial charge in [-0.3, -0.25) is 4.79 Å². The Kier molecular flexibility index (Phi) is 2.70. The van der Waals surface area contributed by atoms with Crippen molar-refractivity contribution < 1.29 is 9.90 Å². The molecule has 1 saturated heterocycles. The quantitative estimate of drug-likeness (QED) is 0.713. The number of aliphatic hydroxyl groups is 1. The number of aliphatic hydroxyl groups excluding tert-OH is 1. The van der Waals surface area contributed by atoms with Crippen LogP contribution < -0.4 is 5.73 Å². The Morgan fingerprint density at radius 2 is 2.27 bits per heavy atom. The Bertz CT molecular complexity index is 373. The SMILES string of the molecule is NCc1cccc(C(=O)N2CC(O)C2)c1. The highest BCUT2D eigenvalue weighted by molar-refractivity contribution is 5.94. The van der Waals surface area contributed by atoms with Crippen molar-refractivity contribution in [3.63, 3.8) is 0 Å². The summed E-state index contributed by atoms with van der Waals surface area (Å²) < 4.78 is 0. The van der Waals surface area contributed by atoms with Gasteiger partial charge in [-0.05, 0) is 17.7 Å². The summed E-state index contributed by atoms with van der Waals surface area (Å²) in [6.07, 6.45) is -0.355. The molecule has 3 N–H and O–H groups in total. The zero-order valence-electron chi connectivity index (χ0n) is 8.39. The highest BCUT2D eigenvalue weighted by Gasteiger charge is 2.29. The van der Waals surface area contributed by atoms with Crippen molar-refractivity contribution in [2.75, 3.05) is 13.1 Å². The molecule has 1 amide bonds. The van der Waals surface area contributed by atoms with E-state index in [2.05, 4.69) is 0 Å². The minimum absolute atomic E-state index is 0.0319. The van der Waals surface area contributed by atoms with Gasteiger partial charge in [0.1, 0.15) is 0 Å². The Morgan fingerprint density at radius 1 is 1.53 bits per heavy atom. The number of β-amino-alcohol motifs (C(OH)–C–C–N with tert-alkyl or cyclic N) is 1. The van der Waals surface area contributed by atoms with E-state index in [1.54, 1.807) is 17.0 Å². The van der Waals surface area contributed by atoms with Crippen LogP contribution in [0.4, 0.5) is 0 Å². The minimum atomic E-state index is -0.355. The molecule has 1 aromatic rings. The van der Waals surface area contributed by atoms with Crippen molar-refractivity contribution in [1.82, 2.24) is 4.90 Å². The zero-order chi connectivity index (χ0) is 10.8. The van der Waals surface area contributed by atoms with Crippen molar-refractivity contribution in [2.45, 2.75) is 12.6 Å². The summed E-state index contributed by atoms with van der Waals surface area (Å²) in [7, 11) is 0. The number of hydrogen-bond donors (Lipinski definition) is 2. The second-order valence-electron chi connectivity index (χ2n) is 3.77. The molecule has 1 heterocycles. The van der Waals surface area contributed by atoms with E-state index in [1.807, 2.05) is 12.1 Å². The van der Waals surface area contributed by atoms with Gasteiger partial charge in [-0.15, -0.1) is 0 Å². The van der Waals surface area contributed by atoms with Crippen molar-refractivity contribution >= 4 is 5.91 Å². The van der Waals surface area contributed by atoms with Gasteiger partial charge < -0.3 is 15.7 Å². The normalized spacial score (nSPS) is 16.3. The molecule has 0 saturated carbocycles. The lowest BCUT2D eigenvalue weighted by atomic mass is 10.1. The fourth-order valence-electron chi connectivity index (χ4n) is 1.64. The van der Waals surface area contributed by atoms with E-state index < -0.39 is 0 Å². The van der Waals surface area contributed by atoms with Gasteiger partial charge in [0.2, 0.25) is 0 Å². The molecule has 15 heavy (non-hydrogen) atoms. The smallest absolute Gasteiger partial charge is 0.254 e. The van der Waals surface area contributed by atoms with E-state index >= 15 is 0 Å². The van der Waals surface area contributed by atoms with E-state index in [4.69, 9.17) is 10.8 Å². The molecule has 80 valence electrons. The van der Waals surface area contributed by atoms with Gasteiger partial charge in [0.05, 0.1) is 6.10 Å². The molecule has 2 rings (SSSR count). The van der Waals surface area contributed by atoms with Gasteiger partial charge in [0.15, 0.2) is 0 Å². The van der Waals surface area contributed by atoms with Crippen LogP contribution in [0.15, 0.2) is 24.3 Å². The Balaban J connectivity index is 2.11. The maximum absolute atomic E-state index is 11.8. The van der Waals surface area contributed by atoms with Crippen LogP contribution in [0, 0.1) is 0 Å². The average Bonchev–Trinajstić information content (AvgIpc) is 2.24. The number of amides is 1. The molecule has 0 aromatic heterocycles. The summed E-state index contributed by atoms with van der Waals surface area (Å²) in [6, 6.07) is 7.28. The number of carbonyl (C=O) groups is 1. The molecule has 1 fully saturated rings. The number of nitrogens with zero attached hydrogens (tertiary/aromatic N) is 1. The third-order valence-electron chi connectivity index (χ3n) is 2.56. The lowest BCUT2D eigenvalue weighted by molar-refractivity contribution is 0.00589. The second-order valence-corrected chi connectivity index (χ2v) is 3.77. The first kappa shape index (κ1) is 10.1. The molecular formula is C11H14N2O2. The third-order valence-corrected chi connectivity index (χ3v) is 2.56. The van der Waals surface area contributed by atoms with E-state index in [-0.39, 0.29) is 12.0 Å². The molecule has 4 heteroatoms. The van der Waals surface area contributed by atoms with E-state index in [0.29, 0.717) is 25.2 Å². The predicted octanol–water partition coefficient (Wildman–Crippen LogP) is -0.0380. The number of benzene rings is 1.